The third-order valence-corrected chi connectivity index (χ3v) is 4.07. The van der Waals surface area contributed by atoms with E-state index in [0.717, 1.165) is 28.9 Å². The first-order valence-electron chi connectivity index (χ1n) is 6.42. The molecule has 0 aromatic carbocycles. The van der Waals surface area contributed by atoms with E-state index in [1.807, 2.05) is 20.8 Å². The van der Waals surface area contributed by atoms with E-state index in [-0.39, 0.29) is 11.4 Å². The Bertz CT molecular complexity index is 401. The van der Waals surface area contributed by atoms with Gasteiger partial charge in [0.1, 0.15) is 0 Å². The van der Waals surface area contributed by atoms with E-state index < -0.39 is 0 Å². The van der Waals surface area contributed by atoms with E-state index in [0.29, 0.717) is 5.75 Å². The van der Waals surface area contributed by atoms with Gasteiger partial charge < -0.3 is 10.6 Å². The summed E-state index contributed by atoms with van der Waals surface area (Å²) in [6.45, 7) is 8.97. The molecule has 1 aromatic heterocycles. The first-order valence-corrected chi connectivity index (χ1v) is 8.22. The molecular formula is C12H22N4OS2. The molecule has 1 aromatic rings. The van der Waals surface area contributed by atoms with E-state index in [1.54, 1.807) is 0 Å². The lowest BCUT2D eigenvalue weighted by molar-refractivity contribution is -0.119. The highest BCUT2D eigenvalue weighted by Crippen LogP contribution is 2.25. The second kappa shape index (κ2) is 7.69. The maximum Gasteiger partial charge on any atom is 0.230 e. The van der Waals surface area contributed by atoms with Gasteiger partial charge in [-0.15, -0.1) is 10.2 Å². The Morgan fingerprint density at radius 2 is 2.11 bits per heavy atom. The summed E-state index contributed by atoms with van der Waals surface area (Å²) in [4.78, 5) is 11.7. The Hall–Kier alpha value is -0.820. The van der Waals surface area contributed by atoms with Gasteiger partial charge in [0.25, 0.3) is 0 Å². The number of hydrogen-bond acceptors (Lipinski definition) is 6. The summed E-state index contributed by atoms with van der Waals surface area (Å²) in [5, 5.41) is 15.1. The van der Waals surface area contributed by atoms with Crippen LogP contribution in [0.4, 0.5) is 5.13 Å². The zero-order valence-corrected chi connectivity index (χ0v) is 13.6. The molecule has 0 aliphatic heterocycles. The van der Waals surface area contributed by atoms with Gasteiger partial charge in [-0.2, -0.15) is 0 Å². The minimum atomic E-state index is -0.189. The van der Waals surface area contributed by atoms with Gasteiger partial charge in [0.05, 0.1) is 5.75 Å². The molecule has 0 bridgehead atoms. The van der Waals surface area contributed by atoms with Crippen molar-refractivity contribution in [2.75, 3.05) is 17.6 Å². The third-order valence-electron chi connectivity index (χ3n) is 2.05. The summed E-state index contributed by atoms with van der Waals surface area (Å²) >= 11 is 2.92. The van der Waals surface area contributed by atoms with Crippen LogP contribution in [-0.4, -0.2) is 33.9 Å². The van der Waals surface area contributed by atoms with Crippen molar-refractivity contribution >= 4 is 34.1 Å². The molecule has 0 saturated heterocycles. The van der Waals surface area contributed by atoms with E-state index in [4.69, 9.17) is 0 Å². The van der Waals surface area contributed by atoms with Crippen molar-refractivity contribution in [3.63, 3.8) is 0 Å². The van der Waals surface area contributed by atoms with E-state index in [1.165, 1.54) is 23.1 Å². The van der Waals surface area contributed by atoms with Crippen LogP contribution in [0.1, 0.15) is 40.5 Å². The van der Waals surface area contributed by atoms with Crippen LogP contribution >= 0.6 is 23.1 Å². The molecule has 0 unspecified atom stereocenters. The number of nitrogens with zero attached hydrogens (tertiary/aromatic N) is 2. The second-order valence-corrected chi connectivity index (χ2v) is 7.44. The molecule has 7 heteroatoms. The fourth-order valence-electron chi connectivity index (χ4n) is 1.29. The molecule has 1 amide bonds. The lowest BCUT2D eigenvalue weighted by Crippen LogP contribution is -2.41. The third kappa shape index (κ3) is 7.37. The average Bonchev–Trinajstić information content (AvgIpc) is 2.72. The summed E-state index contributed by atoms with van der Waals surface area (Å²) in [6, 6.07) is 0. The van der Waals surface area contributed by atoms with Crippen molar-refractivity contribution in [1.29, 1.82) is 0 Å². The monoisotopic (exact) mass is 302 g/mol. The Morgan fingerprint density at radius 3 is 2.74 bits per heavy atom. The number of aromatic nitrogens is 2. The van der Waals surface area contributed by atoms with E-state index in [9.17, 15) is 4.79 Å². The molecule has 5 nitrogen and oxygen atoms in total. The lowest BCUT2D eigenvalue weighted by atomic mass is 10.1. The number of amides is 1. The van der Waals surface area contributed by atoms with E-state index in [2.05, 4.69) is 27.8 Å². The molecule has 2 N–H and O–H groups in total. The summed E-state index contributed by atoms with van der Waals surface area (Å²) < 4.78 is 0.822. The average molecular weight is 302 g/mol. The first kappa shape index (κ1) is 16.2. The molecule has 19 heavy (non-hydrogen) atoms. The molecule has 1 rings (SSSR count). The predicted molar refractivity (Wildman–Crippen MR) is 81.9 cm³/mol. The molecule has 0 atom stereocenters. The van der Waals surface area contributed by atoms with Crippen molar-refractivity contribution in [3.05, 3.63) is 0 Å². The van der Waals surface area contributed by atoms with Gasteiger partial charge in [0.15, 0.2) is 4.34 Å². The fourth-order valence-corrected chi connectivity index (χ4v) is 2.87. The van der Waals surface area contributed by atoms with Gasteiger partial charge in [-0.1, -0.05) is 36.4 Å². The normalized spacial score (nSPS) is 11.4. The fraction of sp³-hybridized carbons (Fsp3) is 0.750. The largest absolute Gasteiger partial charge is 0.360 e. The van der Waals surface area contributed by atoms with Gasteiger partial charge in [-0.05, 0) is 27.2 Å². The quantitative estimate of drug-likeness (QED) is 0.599. The Balaban J connectivity index is 2.31. The van der Waals surface area contributed by atoms with Gasteiger partial charge >= 0.3 is 0 Å². The van der Waals surface area contributed by atoms with Gasteiger partial charge in [-0.25, -0.2) is 0 Å². The molecule has 0 fully saturated rings. The van der Waals surface area contributed by atoms with Crippen molar-refractivity contribution in [2.45, 2.75) is 50.4 Å². The number of rotatable bonds is 7. The number of hydrogen-bond donors (Lipinski definition) is 2. The number of anilines is 1. The van der Waals surface area contributed by atoms with Gasteiger partial charge in [-0.3, -0.25) is 4.79 Å². The molecule has 108 valence electrons. The molecule has 0 aliphatic carbocycles. The van der Waals surface area contributed by atoms with Crippen LogP contribution in [0.25, 0.3) is 0 Å². The minimum Gasteiger partial charge on any atom is -0.360 e. The van der Waals surface area contributed by atoms with Crippen molar-refractivity contribution < 1.29 is 4.79 Å². The standard InChI is InChI=1S/C12H22N4OS2/c1-5-6-7-13-10-15-16-11(19-10)18-8-9(17)14-12(2,3)4/h5-8H2,1-4H3,(H,13,15)(H,14,17). The van der Waals surface area contributed by atoms with Crippen LogP contribution in [0.5, 0.6) is 0 Å². The number of thioether (sulfide) groups is 1. The van der Waals surface area contributed by atoms with Crippen LogP contribution in [0.3, 0.4) is 0 Å². The van der Waals surface area contributed by atoms with Crippen molar-refractivity contribution in [2.24, 2.45) is 0 Å². The van der Waals surface area contributed by atoms with Gasteiger partial charge in [0, 0.05) is 12.1 Å². The first-order chi connectivity index (χ1) is 8.90. The minimum absolute atomic E-state index is 0.0215. The Morgan fingerprint density at radius 1 is 1.37 bits per heavy atom. The molecule has 0 radical (unpaired) electrons. The molecule has 1 heterocycles. The summed E-state index contributed by atoms with van der Waals surface area (Å²) in [5.74, 6) is 0.397. The van der Waals surface area contributed by atoms with Crippen LogP contribution in [-0.2, 0) is 4.79 Å². The maximum absolute atomic E-state index is 11.7. The van der Waals surface area contributed by atoms with Crippen LogP contribution in [0.2, 0.25) is 0 Å². The zero-order valence-electron chi connectivity index (χ0n) is 11.9. The topological polar surface area (TPSA) is 66.9 Å². The Kier molecular flexibility index (Phi) is 6.57. The number of nitrogens with one attached hydrogen (secondary N) is 2. The number of carbonyl (C=O) groups is 1. The second-order valence-electron chi connectivity index (χ2n) is 5.24. The van der Waals surface area contributed by atoms with Crippen molar-refractivity contribution in [3.8, 4) is 0 Å². The predicted octanol–water partition coefficient (Wildman–Crippen LogP) is 2.76. The van der Waals surface area contributed by atoms with Crippen LogP contribution < -0.4 is 10.6 Å². The molecule has 0 spiro atoms. The van der Waals surface area contributed by atoms with Crippen LogP contribution in [0, 0.1) is 0 Å². The molecule has 0 aliphatic rings. The van der Waals surface area contributed by atoms with Crippen LogP contribution in [0.15, 0.2) is 4.34 Å². The molecular weight excluding hydrogens is 280 g/mol. The summed E-state index contributed by atoms with van der Waals surface area (Å²) in [6.07, 6.45) is 2.27. The number of carbonyl (C=O) groups excluding carboxylic acids is 1. The summed E-state index contributed by atoms with van der Waals surface area (Å²) in [5.41, 5.74) is -0.189. The number of unbranched alkanes of at least 4 members (excludes halogenated alkanes) is 1. The van der Waals surface area contributed by atoms with Crippen molar-refractivity contribution in [1.82, 2.24) is 15.5 Å². The van der Waals surface area contributed by atoms with E-state index >= 15 is 0 Å². The highest BCUT2D eigenvalue weighted by molar-refractivity contribution is 8.01. The highest BCUT2D eigenvalue weighted by Gasteiger charge is 2.14. The maximum atomic E-state index is 11.7. The Labute approximate surface area is 123 Å². The zero-order chi connectivity index (χ0) is 14.3. The summed E-state index contributed by atoms with van der Waals surface area (Å²) in [7, 11) is 0. The SMILES string of the molecule is CCCCNc1nnc(SCC(=O)NC(C)(C)C)s1. The smallest absolute Gasteiger partial charge is 0.230 e. The highest BCUT2D eigenvalue weighted by atomic mass is 32.2. The lowest BCUT2D eigenvalue weighted by Gasteiger charge is -2.19. The molecule has 0 saturated carbocycles. The van der Waals surface area contributed by atoms with Gasteiger partial charge in [0.2, 0.25) is 11.0 Å².